The summed E-state index contributed by atoms with van der Waals surface area (Å²) in [5.74, 6) is -2.43. The van der Waals surface area contributed by atoms with Crippen LogP contribution in [0.3, 0.4) is 0 Å². The highest BCUT2D eigenvalue weighted by molar-refractivity contribution is 6.01. The monoisotopic (exact) mass is 634 g/mol. The van der Waals surface area contributed by atoms with Crippen molar-refractivity contribution in [3.05, 3.63) is 58.8 Å². The molecule has 11 nitrogen and oxygen atoms in total. The lowest BCUT2D eigenvalue weighted by molar-refractivity contribution is -0.134. The van der Waals surface area contributed by atoms with Crippen LogP contribution in [-0.2, 0) is 28.9 Å². The number of carbonyl (C=O) groups excluding carboxylic acids is 3. The number of pyridine rings is 1. The Morgan fingerprint density at radius 1 is 1.07 bits per heavy atom. The van der Waals surface area contributed by atoms with Gasteiger partial charge >= 0.3 is 0 Å². The Bertz CT molecular complexity index is 1630. The van der Waals surface area contributed by atoms with Crippen LogP contribution < -0.4 is 10.2 Å². The second kappa shape index (κ2) is 11.7. The molecule has 244 valence electrons. The molecule has 2 N–H and O–H groups in total. The summed E-state index contributed by atoms with van der Waals surface area (Å²) < 4.78 is 31.3. The van der Waals surface area contributed by atoms with E-state index in [4.69, 9.17) is 0 Å². The highest BCUT2D eigenvalue weighted by Gasteiger charge is 2.51. The number of halogens is 2. The number of likely N-dealkylation sites (tertiary alicyclic amines) is 1. The normalized spacial score (nSPS) is 23.6. The van der Waals surface area contributed by atoms with Gasteiger partial charge in [0.1, 0.15) is 11.5 Å². The Morgan fingerprint density at radius 2 is 1.85 bits per heavy atom. The van der Waals surface area contributed by atoms with Gasteiger partial charge in [0.05, 0.1) is 18.2 Å². The minimum Gasteiger partial charge on any atom is -0.357 e. The van der Waals surface area contributed by atoms with Crippen LogP contribution in [0.25, 0.3) is 0 Å². The van der Waals surface area contributed by atoms with Gasteiger partial charge < -0.3 is 4.90 Å². The molecule has 4 aliphatic rings. The smallest absolute Gasteiger partial charge is 0.257 e. The number of imide groups is 1. The molecule has 3 saturated heterocycles. The fourth-order valence-corrected chi connectivity index (χ4v) is 7.31. The number of Topliss-reactive ketones (excluding diaryl/α,β-unsaturated/α-hetero) is 1. The van der Waals surface area contributed by atoms with E-state index >= 15 is 0 Å². The molecular formula is C33H40F2N8O3. The average Bonchev–Trinajstić information content (AvgIpc) is 3.61. The summed E-state index contributed by atoms with van der Waals surface area (Å²) in [4.78, 5) is 46.1. The second-order valence-electron chi connectivity index (χ2n) is 14.2. The first kappa shape index (κ1) is 30.6. The Hall–Kier alpha value is -4.00. The van der Waals surface area contributed by atoms with E-state index in [-0.39, 0.29) is 48.1 Å². The first-order chi connectivity index (χ1) is 22.0. The van der Waals surface area contributed by atoms with Crippen LogP contribution in [-0.4, -0.2) is 86.1 Å². The van der Waals surface area contributed by atoms with Crippen LogP contribution in [0.2, 0.25) is 0 Å². The van der Waals surface area contributed by atoms with Crippen molar-refractivity contribution in [2.75, 3.05) is 37.6 Å². The molecule has 7 rings (SSSR count). The number of nitrogens with one attached hydrogen (secondary N) is 2. The molecule has 0 bridgehead atoms. The molecule has 3 aromatic heterocycles. The number of rotatable bonds is 8. The number of hydrogen-bond donors (Lipinski definition) is 2. The standard InChI is InChI=1S/C33H40F2N8O3/c1-32(2)13-26-25(12-33(32,34)35)30(40-39-26)27(44)11-21-14-37-43(17-21)23-18-41(19-23)16-20-7-9-42(10-8-20)28-5-3-22(15-36-28)24-4-6-29(45)38-31(24)46/h3,5,14-15,17,20,23-24H,4,6-13,16,18-19H2,1-2H3,(H,39,40)(H,38,45,46). The molecule has 3 aliphatic heterocycles. The zero-order valence-corrected chi connectivity index (χ0v) is 26.3. The molecule has 0 spiro atoms. The largest absolute Gasteiger partial charge is 0.357 e. The number of anilines is 1. The maximum Gasteiger partial charge on any atom is 0.257 e. The van der Waals surface area contributed by atoms with Crippen LogP contribution in [0, 0.1) is 11.3 Å². The Labute approximate surface area is 266 Å². The van der Waals surface area contributed by atoms with E-state index in [2.05, 4.69) is 35.4 Å². The fourth-order valence-electron chi connectivity index (χ4n) is 7.31. The fraction of sp³-hybridized carbons (Fsp3) is 0.576. The van der Waals surface area contributed by atoms with Crippen LogP contribution in [0.4, 0.5) is 14.6 Å². The summed E-state index contributed by atoms with van der Waals surface area (Å²) in [7, 11) is 0. The number of nitrogens with zero attached hydrogens (tertiary/aromatic N) is 6. The van der Waals surface area contributed by atoms with Crippen molar-refractivity contribution in [1.82, 2.24) is 35.2 Å². The predicted molar refractivity (Wildman–Crippen MR) is 165 cm³/mol. The number of piperidine rings is 2. The van der Waals surface area contributed by atoms with Crippen molar-refractivity contribution in [1.29, 1.82) is 0 Å². The number of H-pyrrole nitrogens is 1. The zero-order valence-electron chi connectivity index (χ0n) is 26.3. The molecule has 0 aromatic carbocycles. The third-order valence-corrected chi connectivity index (χ3v) is 10.4. The summed E-state index contributed by atoms with van der Waals surface area (Å²) in [6, 6.07) is 4.18. The van der Waals surface area contributed by atoms with Crippen LogP contribution in [0.1, 0.15) is 84.4 Å². The number of alkyl halides is 2. The lowest BCUT2D eigenvalue weighted by Gasteiger charge is -2.42. The molecule has 1 aliphatic carbocycles. The Balaban J connectivity index is 0.860. The number of hydrogen-bond acceptors (Lipinski definition) is 8. The number of carbonyl (C=O) groups is 3. The molecule has 0 radical (unpaired) electrons. The molecule has 3 aromatic rings. The van der Waals surface area contributed by atoms with Gasteiger partial charge in [-0.25, -0.2) is 13.8 Å². The van der Waals surface area contributed by atoms with Gasteiger partial charge in [0.2, 0.25) is 11.8 Å². The van der Waals surface area contributed by atoms with Crippen molar-refractivity contribution >= 4 is 23.4 Å². The molecule has 46 heavy (non-hydrogen) atoms. The topological polar surface area (TPSA) is 129 Å². The van der Waals surface area contributed by atoms with E-state index < -0.39 is 17.8 Å². The van der Waals surface area contributed by atoms with Gasteiger partial charge in [0.25, 0.3) is 5.92 Å². The first-order valence-electron chi connectivity index (χ1n) is 16.2. The average molecular weight is 635 g/mol. The van der Waals surface area contributed by atoms with Crippen LogP contribution in [0.5, 0.6) is 0 Å². The maximum absolute atomic E-state index is 14.7. The highest BCUT2D eigenvalue weighted by atomic mass is 19.3. The van der Waals surface area contributed by atoms with E-state index in [0.29, 0.717) is 30.0 Å². The van der Waals surface area contributed by atoms with Gasteiger partial charge in [-0.1, -0.05) is 19.9 Å². The van der Waals surface area contributed by atoms with E-state index in [1.54, 1.807) is 26.2 Å². The van der Waals surface area contributed by atoms with E-state index in [9.17, 15) is 23.2 Å². The summed E-state index contributed by atoms with van der Waals surface area (Å²) in [6.07, 6.45) is 8.15. The third-order valence-electron chi connectivity index (χ3n) is 10.4. The van der Waals surface area contributed by atoms with Crippen LogP contribution >= 0.6 is 0 Å². The summed E-state index contributed by atoms with van der Waals surface area (Å²) in [6.45, 7) is 7.78. The van der Waals surface area contributed by atoms with E-state index in [0.717, 1.165) is 62.5 Å². The maximum atomic E-state index is 14.7. The van der Waals surface area contributed by atoms with Gasteiger partial charge in [0, 0.05) is 87.5 Å². The summed E-state index contributed by atoms with van der Waals surface area (Å²) in [5, 5.41) is 13.9. The number of fused-ring (bicyclic) bond motifs is 1. The van der Waals surface area contributed by atoms with Crippen molar-refractivity contribution in [2.24, 2.45) is 11.3 Å². The van der Waals surface area contributed by atoms with Crippen LogP contribution in [0.15, 0.2) is 30.7 Å². The summed E-state index contributed by atoms with van der Waals surface area (Å²) >= 11 is 0. The van der Waals surface area contributed by atoms with Gasteiger partial charge in [-0.15, -0.1) is 0 Å². The van der Waals surface area contributed by atoms with Gasteiger partial charge in [-0.05, 0) is 42.4 Å². The SMILES string of the molecule is CC1(C)Cc2[nH]nc(C(=O)Cc3cnn(C4CN(CC5CCN(c6ccc(C7CCC(=O)NC7=O)cn6)CC5)C4)c3)c2CC1(F)F. The number of aromatic amines is 1. The highest BCUT2D eigenvalue weighted by Crippen LogP contribution is 2.46. The van der Waals surface area contributed by atoms with Gasteiger partial charge in [0.15, 0.2) is 5.78 Å². The molecule has 2 amide bonds. The molecule has 1 atom stereocenters. The van der Waals surface area contributed by atoms with Gasteiger partial charge in [-0.3, -0.25) is 34.4 Å². The lowest BCUT2D eigenvalue weighted by Crippen LogP contribution is -2.50. The Morgan fingerprint density at radius 3 is 2.57 bits per heavy atom. The first-order valence-corrected chi connectivity index (χ1v) is 16.2. The Kier molecular flexibility index (Phi) is 7.77. The predicted octanol–water partition coefficient (Wildman–Crippen LogP) is 3.48. The molecular weight excluding hydrogens is 594 g/mol. The minimum absolute atomic E-state index is 0.0791. The van der Waals surface area contributed by atoms with Gasteiger partial charge in [-0.2, -0.15) is 10.2 Å². The summed E-state index contributed by atoms with van der Waals surface area (Å²) in [5.41, 5.74) is 1.52. The number of amides is 2. The van der Waals surface area contributed by atoms with E-state index in [1.807, 2.05) is 23.0 Å². The second-order valence-corrected chi connectivity index (χ2v) is 14.2. The zero-order chi connectivity index (χ0) is 32.2. The quantitative estimate of drug-likeness (QED) is 0.285. The third kappa shape index (κ3) is 5.85. The minimum atomic E-state index is -2.90. The van der Waals surface area contributed by atoms with Crippen molar-refractivity contribution in [3.63, 3.8) is 0 Å². The van der Waals surface area contributed by atoms with Crippen molar-refractivity contribution < 1.29 is 23.2 Å². The number of ketones is 1. The molecule has 6 heterocycles. The number of aromatic nitrogens is 5. The van der Waals surface area contributed by atoms with E-state index in [1.165, 1.54) is 0 Å². The van der Waals surface area contributed by atoms with Crippen molar-refractivity contribution in [3.8, 4) is 0 Å². The molecule has 13 heteroatoms. The molecule has 1 unspecified atom stereocenters. The lowest BCUT2D eigenvalue weighted by atomic mass is 9.73. The molecule has 3 fully saturated rings. The van der Waals surface area contributed by atoms with Crippen molar-refractivity contribution in [2.45, 2.75) is 76.7 Å². The molecule has 0 saturated carbocycles.